The van der Waals surface area contributed by atoms with Gasteiger partial charge in [-0.05, 0) is 54.2 Å². The van der Waals surface area contributed by atoms with Crippen LogP contribution in [0.4, 0.5) is 0 Å². The predicted molar refractivity (Wildman–Crippen MR) is 115 cm³/mol. The fourth-order valence-electron chi connectivity index (χ4n) is 6.08. The van der Waals surface area contributed by atoms with E-state index >= 15 is 0 Å². The summed E-state index contributed by atoms with van der Waals surface area (Å²) in [6.07, 6.45) is 3.45. The van der Waals surface area contributed by atoms with Crippen molar-refractivity contribution in [1.82, 2.24) is 13.9 Å². The van der Waals surface area contributed by atoms with Crippen molar-refractivity contribution in [1.29, 1.82) is 0 Å². The Morgan fingerprint density at radius 3 is 2.67 bits per heavy atom. The predicted octanol–water partition coefficient (Wildman–Crippen LogP) is 2.70. The monoisotopic (exact) mass is 435 g/mol. The van der Waals surface area contributed by atoms with Gasteiger partial charge in [-0.2, -0.15) is 17.4 Å². The van der Waals surface area contributed by atoms with Crippen LogP contribution in [0.5, 0.6) is 5.75 Å². The number of likely N-dealkylation sites (tertiary alicyclic amines) is 1. The van der Waals surface area contributed by atoms with Crippen molar-refractivity contribution >= 4 is 16.1 Å². The minimum Gasteiger partial charge on any atom is -0.497 e. The van der Waals surface area contributed by atoms with Crippen LogP contribution in [0, 0.1) is 10.8 Å². The van der Waals surface area contributed by atoms with E-state index in [-0.39, 0.29) is 22.8 Å². The van der Waals surface area contributed by atoms with Gasteiger partial charge in [-0.15, -0.1) is 0 Å². The molecule has 1 aliphatic carbocycles. The van der Waals surface area contributed by atoms with Crippen LogP contribution >= 0.6 is 0 Å². The molecule has 1 aromatic carbocycles. The Bertz CT molecular complexity index is 947. The molecule has 166 valence electrons. The summed E-state index contributed by atoms with van der Waals surface area (Å²) < 4.78 is 34.9. The van der Waals surface area contributed by atoms with Gasteiger partial charge in [0, 0.05) is 19.6 Å². The molecular weight excluding hydrogens is 402 g/mol. The maximum Gasteiger partial charge on any atom is 0.280 e. The number of nitrogens with one attached hydrogen (secondary N) is 1. The van der Waals surface area contributed by atoms with E-state index in [9.17, 15) is 13.2 Å². The Hall–Kier alpha value is -1.64. The van der Waals surface area contributed by atoms with Gasteiger partial charge in [0.25, 0.3) is 10.2 Å². The van der Waals surface area contributed by atoms with Gasteiger partial charge in [-0.1, -0.05) is 32.9 Å². The van der Waals surface area contributed by atoms with Gasteiger partial charge in [0.15, 0.2) is 0 Å². The number of amides is 1. The van der Waals surface area contributed by atoms with E-state index in [0.29, 0.717) is 18.7 Å². The van der Waals surface area contributed by atoms with Gasteiger partial charge in [0.2, 0.25) is 5.91 Å². The van der Waals surface area contributed by atoms with Gasteiger partial charge < -0.3 is 9.64 Å². The van der Waals surface area contributed by atoms with Crippen molar-refractivity contribution < 1.29 is 17.9 Å². The van der Waals surface area contributed by atoms with E-state index < -0.39 is 22.3 Å². The first-order valence-corrected chi connectivity index (χ1v) is 12.1. The van der Waals surface area contributed by atoms with E-state index in [1.165, 1.54) is 11.4 Å². The molecule has 1 N–H and O–H groups in total. The second-order valence-corrected chi connectivity index (χ2v) is 12.2. The van der Waals surface area contributed by atoms with Gasteiger partial charge >= 0.3 is 0 Å². The molecule has 0 spiro atoms. The van der Waals surface area contributed by atoms with E-state index in [1.54, 1.807) is 7.11 Å². The Morgan fingerprint density at radius 1 is 1.23 bits per heavy atom. The largest absolute Gasteiger partial charge is 0.497 e. The van der Waals surface area contributed by atoms with Crippen molar-refractivity contribution in [3.8, 4) is 5.75 Å². The fraction of sp³-hybridized carbons (Fsp3) is 0.682. The van der Waals surface area contributed by atoms with Crippen LogP contribution in [-0.2, 0) is 15.0 Å². The SMILES string of the molecule is COc1cccc([C@H]2C[C@H](C(=O)N3C[C@@]4(C)C[C@H]3CC(C)(C)C4)N(C)S(=O)(=O)N2)c1. The summed E-state index contributed by atoms with van der Waals surface area (Å²) in [4.78, 5) is 15.6. The molecule has 0 aromatic heterocycles. The Kier molecular flexibility index (Phi) is 5.19. The minimum atomic E-state index is -3.77. The number of hydrogen-bond donors (Lipinski definition) is 1. The molecule has 2 saturated heterocycles. The number of ether oxygens (including phenoxy) is 1. The molecule has 0 radical (unpaired) electrons. The van der Waals surface area contributed by atoms with Gasteiger partial charge in [-0.25, -0.2) is 0 Å². The number of benzene rings is 1. The van der Waals surface area contributed by atoms with E-state index in [4.69, 9.17) is 4.74 Å². The third kappa shape index (κ3) is 3.85. The number of carbonyl (C=O) groups is 1. The third-order valence-corrected chi connectivity index (χ3v) is 8.64. The van der Waals surface area contributed by atoms with Crippen LogP contribution in [0.15, 0.2) is 24.3 Å². The lowest BCUT2D eigenvalue weighted by Gasteiger charge is -2.41. The molecule has 4 rings (SSSR count). The molecule has 1 amide bonds. The number of methoxy groups -OCH3 is 1. The number of likely N-dealkylation sites (N-methyl/N-ethyl adjacent to an activating group) is 1. The van der Waals surface area contributed by atoms with Gasteiger partial charge in [-0.3, -0.25) is 4.79 Å². The highest BCUT2D eigenvalue weighted by Gasteiger charge is 2.53. The lowest BCUT2D eigenvalue weighted by Crippen LogP contribution is -2.58. The highest BCUT2D eigenvalue weighted by atomic mass is 32.2. The molecule has 4 atom stereocenters. The van der Waals surface area contributed by atoms with Crippen LogP contribution in [0.1, 0.15) is 58.1 Å². The average molecular weight is 436 g/mol. The second kappa shape index (κ2) is 7.21. The third-order valence-electron chi connectivity index (χ3n) is 7.05. The number of carbonyl (C=O) groups excluding carboxylic acids is 1. The quantitative estimate of drug-likeness (QED) is 0.792. The smallest absolute Gasteiger partial charge is 0.280 e. The zero-order chi connectivity index (χ0) is 21.9. The van der Waals surface area contributed by atoms with Crippen molar-refractivity contribution in [2.75, 3.05) is 20.7 Å². The summed E-state index contributed by atoms with van der Waals surface area (Å²) in [5, 5.41) is 0. The Labute approximate surface area is 179 Å². The fourth-order valence-corrected chi connectivity index (χ4v) is 7.35. The maximum absolute atomic E-state index is 13.7. The summed E-state index contributed by atoms with van der Waals surface area (Å²) in [5.74, 6) is 0.596. The first kappa shape index (κ1) is 21.6. The summed E-state index contributed by atoms with van der Waals surface area (Å²) >= 11 is 0. The molecule has 2 aliphatic heterocycles. The first-order valence-electron chi connectivity index (χ1n) is 10.6. The summed E-state index contributed by atoms with van der Waals surface area (Å²) in [5.41, 5.74) is 1.11. The molecule has 3 fully saturated rings. The zero-order valence-corrected chi connectivity index (χ0v) is 19.3. The number of hydrogen-bond acceptors (Lipinski definition) is 4. The molecule has 7 nitrogen and oxygen atoms in total. The molecule has 3 aliphatic rings. The highest BCUT2D eigenvalue weighted by molar-refractivity contribution is 7.87. The summed E-state index contributed by atoms with van der Waals surface area (Å²) in [6, 6.07) is 6.36. The minimum absolute atomic E-state index is 0.0677. The number of fused-ring (bicyclic) bond motifs is 2. The molecule has 8 heteroatoms. The second-order valence-electron chi connectivity index (χ2n) is 10.4. The van der Waals surface area contributed by atoms with Crippen LogP contribution in [0.25, 0.3) is 0 Å². The van der Waals surface area contributed by atoms with E-state index in [2.05, 4.69) is 25.5 Å². The van der Waals surface area contributed by atoms with Crippen LogP contribution in [-0.4, -0.2) is 56.3 Å². The van der Waals surface area contributed by atoms with E-state index in [0.717, 1.165) is 24.8 Å². The lowest BCUT2D eigenvalue weighted by atomic mass is 9.65. The first-order chi connectivity index (χ1) is 13.9. The topological polar surface area (TPSA) is 79.0 Å². The molecule has 2 bridgehead atoms. The van der Waals surface area contributed by atoms with Crippen LogP contribution in [0.3, 0.4) is 0 Å². The van der Waals surface area contributed by atoms with Crippen molar-refractivity contribution in [2.45, 2.75) is 64.6 Å². The maximum atomic E-state index is 13.7. The van der Waals surface area contributed by atoms with Gasteiger partial charge in [0.05, 0.1) is 13.2 Å². The summed E-state index contributed by atoms with van der Waals surface area (Å²) in [6.45, 7) is 7.51. The van der Waals surface area contributed by atoms with Crippen LogP contribution in [0.2, 0.25) is 0 Å². The standard InChI is InChI=1S/C22H33N3O4S/c1-21(2)11-16-12-22(3,13-21)14-25(16)20(26)19-10-18(23-30(27,28)24(19)4)15-7-6-8-17(9-15)29-5/h6-9,16,18-19,23H,10-14H2,1-5H3/t16-,18-,19-,22+/m1/s1. The highest BCUT2D eigenvalue weighted by Crippen LogP contribution is 2.52. The molecule has 0 unspecified atom stereocenters. The average Bonchev–Trinajstić information content (AvgIpc) is 2.92. The van der Waals surface area contributed by atoms with Crippen molar-refractivity contribution in [2.24, 2.45) is 10.8 Å². The molecule has 30 heavy (non-hydrogen) atoms. The van der Waals surface area contributed by atoms with Gasteiger partial charge in [0.1, 0.15) is 11.8 Å². The van der Waals surface area contributed by atoms with Crippen molar-refractivity contribution in [3.05, 3.63) is 29.8 Å². The van der Waals surface area contributed by atoms with E-state index in [1.807, 2.05) is 29.2 Å². The molecular formula is C22H33N3O4S. The lowest BCUT2D eigenvalue weighted by molar-refractivity contribution is -0.137. The number of nitrogens with zero attached hydrogens (tertiary/aromatic N) is 2. The molecule has 1 aromatic rings. The molecule has 2 heterocycles. The Balaban J connectivity index is 1.61. The Morgan fingerprint density at radius 2 is 1.97 bits per heavy atom. The molecule has 1 saturated carbocycles. The zero-order valence-electron chi connectivity index (χ0n) is 18.5. The van der Waals surface area contributed by atoms with Crippen LogP contribution < -0.4 is 9.46 Å². The normalized spacial score (nSPS) is 35.2. The number of rotatable bonds is 3. The van der Waals surface area contributed by atoms with Crippen molar-refractivity contribution in [3.63, 3.8) is 0 Å². The summed E-state index contributed by atoms with van der Waals surface area (Å²) in [7, 11) is -0.686.